The van der Waals surface area contributed by atoms with Gasteiger partial charge < -0.3 is 14.3 Å². The van der Waals surface area contributed by atoms with Crippen LogP contribution in [0.2, 0.25) is 0 Å². The van der Waals surface area contributed by atoms with E-state index in [2.05, 4.69) is 17.0 Å². The van der Waals surface area contributed by atoms with E-state index in [9.17, 15) is 4.79 Å². The van der Waals surface area contributed by atoms with Gasteiger partial charge in [0, 0.05) is 30.7 Å². The Morgan fingerprint density at radius 3 is 2.45 bits per heavy atom. The first-order valence-corrected chi connectivity index (χ1v) is 10.5. The molecule has 0 amide bonds. The molecule has 2 aromatic carbocycles. The van der Waals surface area contributed by atoms with Crippen molar-refractivity contribution >= 4 is 18.2 Å². The van der Waals surface area contributed by atoms with Crippen LogP contribution >= 0.6 is 12.4 Å². The number of methoxy groups -OCH3 is 2. The van der Waals surface area contributed by atoms with Crippen molar-refractivity contribution in [3.05, 3.63) is 59.2 Å². The first-order chi connectivity index (χ1) is 14.6. The molecule has 2 aliphatic rings. The summed E-state index contributed by atoms with van der Waals surface area (Å²) in [6.45, 7) is 2.29. The number of ketones is 1. The molecule has 0 spiro atoms. The Morgan fingerprint density at radius 1 is 1.06 bits per heavy atom. The predicted molar refractivity (Wildman–Crippen MR) is 122 cm³/mol. The van der Waals surface area contributed by atoms with E-state index in [4.69, 9.17) is 14.3 Å². The van der Waals surface area contributed by atoms with Gasteiger partial charge in [0.15, 0.2) is 17.3 Å². The first-order valence-electron chi connectivity index (χ1n) is 10.5. The van der Waals surface area contributed by atoms with E-state index in [1.54, 1.807) is 21.3 Å². The predicted octanol–water partition coefficient (Wildman–Crippen LogP) is 3.93. The van der Waals surface area contributed by atoms with E-state index in [0.29, 0.717) is 0 Å². The largest absolute Gasteiger partial charge is 0.493 e. The quantitative estimate of drug-likeness (QED) is 0.474. The summed E-state index contributed by atoms with van der Waals surface area (Å²) in [6.07, 6.45) is 2.91. The van der Waals surface area contributed by atoms with Crippen LogP contribution in [-0.4, -0.2) is 62.8 Å². The average molecular weight is 447 g/mol. The number of carbonyl (C=O) groups is 1. The van der Waals surface area contributed by atoms with Gasteiger partial charge in [-0.3, -0.25) is 9.69 Å². The Kier molecular flexibility index (Phi) is 7.94. The number of fused-ring (bicyclic) bond motifs is 3. The molecule has 2 aromatic rings. The summed E-state index contributed by atoms with van der Waals surface area (Å²) in [6, 6.07) is 14.1. The number of hydrogen-bond acceptors (Lipinski definition) is 6. The number of benzene rings is 2. The van der Waals surface area contributed by atoms with Crippen molar-refractivity contribution in [3.8, 4) is 11.5 Å². The van der Waals surface area contributed by atoms with Crippen molar-refractivity contribution in [2.75, 3.05) is 41.0 Å². The van der Waals surface area contributed by atoms with Gasteiger partial charge in [-0.25, -0.2) is 0 Å². The van der Waals surface area contributed by atoms with Gasteiger partial charge in [0.1, 0.15) is 0 Å². The van der Waals surface area contributed by atoms with Crippen LogP contribution < -0.4 is 9.47 Å². The van der Waals surface area contributed by atoms with Crippen LogP contribution in [0.3, 0.4) is 0 Å². The molecule has 0 aromatic heterocycles. The molecule has 0 radical (unpaired) electrons. The highest BCUT2D eigenvalue weighted by Gasteiger charge is 2.37. The Morgan fingerprint density at radius 2 is 1.77 bits per heavy atom. The number of carbonyl (C=O) groups excluding carboxylic acids is 1. The molecule has 2 aliphatic heterocycles. The van der Waals surface area contributed by atoms with Crippen LogP contribution in [0.1, 0.15) is 40.4 Å². The number of piperidine rings is 1. The van der Waals surface area contributed by atoms with Crippen LogP contribution in [0.25, 0.3) is 0 Å². The molecule has 0 bridgehead atoms. The van der Waals surface area contributed by atoms with Crippen molar-refractivity contribution < 1.29 is 19.1 Å². The SMILES string of the molecule is COc1cc2c(cc1OC)C1CC(N(CC(=O)c3ccccc3)OC)CCN1CC2.Cl. The average Bonchev–Trinajstić information content (AvgIpc) is 2.81. The lowest BCUT2D eigenvalue weighted by Crippen LogP contribution is -2.49. The topological polar surface area (TPSA) is 51.2 Å². The maximum atomic E-state index is 12.7. The monoisotopic (exact) mass is 446 g/mol. The van der Waals surface area contributed by atoms with Crippen LogP contribution in [0.4, 0.5) is 0 Å². The fourth-order valence-corrected chi connectivity index (χ4v) is 4.78. The lowest BCUT2D eigenvalue weighted by atomic mass is 9.84. The highest BCUT2D eigenvalue weighted by Crippen LogP contribution is 2.42. The zero-order valence-electron chi connectivity index (χ0n) is 18.4. The summed E-state index contributed by atoms with van der Waals surface area (Å²) in [5.74, 6) is 1.63. The second-order valence-electron chi connectivity index (χ2n) is 7.93. The van der Waals surface area contributed by atoms with E-state index in [0.717, 1.165) is 49.4 Å². The molecule has 7 heteroatoms. The second kappa shape index (κ2) is 10.5. The summed E-state index contributed by atoms with van der Waals surface area (Å²) >= 11 is 0. The Hall–Kier alpha value is -2.12. The molecule has 2 atom stereocenters. The van der Waals surface area contributed by atoms with Crippen LogP contribution in [-0.2, 0) is 11.3 Å². The van der Waals surface area contributed by atoms with Gasteiger partial charge in [-0.1, -0.05) is 30.3 Å². The van der Waals surface area contributed by atoms with Gasteiger partial charge in [0.25, 0.3) is 0 Å². The molecule has 0 saturated carbocycles. The molecule has 31 heavy (non-hydrogen) atoms. The lowest BCUT2D eigenvalue weighted by molar-refractivity contribution is -0.168. The summed E-state index contributed by atoms with van der Waals surface area (Å²) in [5.41, 5.74) is 3.34. The van der Waals surface area contributed by atoms with Crippen molar-refractivity contribution in [3.63, 3.8) is 0 Å². The Labute approximate surface area is 190 Å². The van der Waals surface area contributed by atoms with Crippen molar-refractivity contribution in [1.29, 1.82) is 0 Å². The van der Waals surface area contributed by atoms with E-state index in [1.807, 2.05) is 35.4 Å². The van der Waals surface area contributed by atoms with Gasteiger partial charge >= 0.3 is 0 Å². The highest BCUT2D eigenvalue weighted by molar-refractivity contribution is 5.97. The van der Waals surface area contributed by atoms with Gasteiger partial charge in [0.2, 0.25) is 0 Å². The molecular weight excluding hydrogens is 416 g/mol. The summed E-state index contributed by atoms with van der Waals surface area (Å²) < 4.78 is 11.1. The molecule has 0 N–H and O–H groups in total. The minimum absolute atomic E-state index is 0. The standard InChI is InChI=1S/C24H30N2O4.ClH/c1-28-23-13-18-9-11-25-12-10-19(14-21(25)20(18)15-24(23)29-2)26(30-3)16-22(27)17-7-5-4-6-8-17;/h4-8,13,15,19,21H,9-12,14,16H2,1-3H3;1H. The normalized spacial score (nSPS) is 20.4. The first kappa shape index (κ1) is 23.5. The van der Waals surface area contributed by atoms with Crippen LogP contribution in [0, 0.1) is 0 Å². The maximum absolute atomic E-state index is 12.7. The van der Waals surface area contributed by atoms with Crippen LogP contribution in [0.15, 0.2) is 42.5 Å². The minimum Gasteiger partial charge on any atom is -0.493 e. The number of rotatable bonds is 7. The number of halogens is 1. The number of nitrogens with zero attached hydrogens (tertiary/aromatic N) is 2. The summed E-state index contributed by atoms with van der Waals surface area (Å²) in [5, 5.41) is 1.86. The number of hydrogen-bond donors (Lipinski definition) is 0. The van der Waals surface area contributed by atoms with E-state index in [-0.39, 0.29) is 36.8 Å². The fraction of sp³-hybridized carbons (Fsp3) is 0.458. The second-order valence-corrected chi connectivity index (χ2v) is 7.93. The third-order valence-corrected chi connectivity index (χ3v) is 6.40. The zero-order valence-corrected chi connectivity index (χ0v) is 19.2. The molecule has 2 heterocycles. The fourth-order valence-electron chi connectivity index (χ4n) is 4.78. The smallest absolute Gasteiger partial charge is 0.179 e. The molecule has 1 saturated heterocycles. The Balaban J connectivity index is 0.00000272. The molecule has 0 aliphatic carbocycles. The van der Waals surface area contributed by atoms with Crippen molar-refractivity contribution in [1.82, 2.24) is 9.96 Å². The van der Waals surface area contributed by atoms with Gasteiger partial charge in [-0.05, 0) is 42.5 Å². The van der Waals surface area contributed by atoms with E-state index >= 15 is 0 Å². The van der Waals surface area contributed by atoms with Gasteiger partial charge in [-0.15, -0.1) is 12.4 Å². The van der Waals surface area contributed by atoms with Crippen molar-refractivity contribution in [2.45, 2.75) is 31.3 Å². The number of ether oxygens (including phenoxy) is 2. The molecule has 168 valence electrons. The molecule has 4 rings (SSSR count). The zero-order chi connectivity index (χ0) is 21.1. The van der Waals surface area contributed by atoms with Crippen LogP contribution in [0.5, 0.6) is 11.5 Å². The van der Waals surface area contributed by atoms with Gasteiger partial charge in [-0.2, -0.15) is 5.06 Å². The maximum Gasteiger partial charge on any atom is 0.179 e. The third-order valence-electron chi connectivity index (χ3n) is 6.40. The number of Topliss-reactive ketones (excluding diaryl/α,β-unsaturated/α-hetero) is 1. The van der Waals surface area contributed by atoms with E-state index < -0.39 is 0 Å². The molecule has 6 nitrogen and oxygen atoms in total. The molecule has 2 unspecified atom stereocenters. The van der Waals surface area contributed by atoms with E-state index in [1.165, 1.54) is 11.1 Å². The molecular formula is C24H31ClN2O4. The highest BCUT2D eigenvalue weighted by atomic mass is 35.5. The minimum atomic E-state index is 0. The van der Waals surface area contributed by atoms with Gasteiger partial charge in [0.05, 0.1) is 27.9 Å². The number of hydroxylamine groups is 2. The summed E-state index contributed by atoms with van der Waals surface area (Å²) in [4.78, 5) is 20.9. The third kappa shape index (κ3) is 4.88. The lowest BCUT2D eigenvalue weighted by Gasteiger charge is -2.45. The van der Waals surface area contributed by atoms with Crippen molar-refractivity contribution in [2.24, 2.45) is 0 Å². The molecule has 1 fully saturated rings. The Bertz CT molecular complexity index is 893. The summed E-state index contributed by atoms with van der Waals surface area (Å²) in [7, 11) is 5.01.